The Hall–Kier alpha value is -1.19. The minimum Gasteiger partial charge on any atom is -0.294 e. The first-order valence-corrected chi connectivity index (χ1v) is 6.88. The Morgan fingerprint density at radius 2 is 2.00 bits per heavy atom. The average Bonchev–Trinajstić information content (AvgIpc) is 2.37. The molecule has 0 radical (unpaired) electrons. The summed E-state index contributed by atoms with van der Waals surface area (Å²) in [6.07, 6.45) is 0.00188. The third-order valence-corrected chi connectivity index (χ3v) is 3.94. The Morgan fingerprint density at radius 3 is 2.68 bits per heavy atom. The predicted molar refractivity (Wildman–Crippen MR) is 78.3 cm³/mol. The predicted octanol–water partition coefficient (Wildman–Crippen LogP) is 4.98. The molecule has 0 aromatic heterocycles. The van der Waals surface area contributed by atoms with E-state index in [-0.39, 0.29) is 12.2 Å². The van der Waals surface area contributed by atoms with Gasteiger partial charge in [-0.15, -0.1) is 0 Å². The van der Waals surface area contributed by atoms with E-state index >= 15 is 0 Å². The van der Waals surface area contributed by atoms with Crippen molar-refractivity contribution < 1.29 is 9.18 Å². The highest BCUT2D eigenvalue weighted by Gasteiger charge is 2.12. The van der Waals surface area contributed by atoms with Gasteiger partial charge in [-0.25, -0.2) is 4.39 Å². The first-order chi connectivity index (χ1) is 8.97. The van der Waals surface area contributed by atoms with Gasteiger partial charge in [-0.1, -0.05) is 39.7 Å². The van der Waals surface area contributed by atoms with Crippen molar-refractivity contribution in [3.8, 4) is 0 Å². The molecule has 0 aliphatic rings. The number of benzene rings is 2. The lowest BCUT2D eigenvalue weighted by atomic mass is 10.0. The van der Waals surface area contributed by atoms with Crippen LogP contribution in [0.25, 0.3) is 0 Å². The van der Waals surface area contributed by atoms with E-state index in [1.54, 1.807) is 12.1 Å². The SMILES string of the molecule is Cc1ccc(C(=O)Cc2cc(Cl)ccc2F)cc1Br. The van der Waals surface area contributed by atoms with Gasteiger partial charge in [0.25, 0.3) is 0 Å². The van der Waals surface area contributed by atoms with Crippen LogP contribution >= 0.6 is 27.5 Å². The van der Waals surface area contributed by atoms with Gasteiger partial charge < -0.3 is 0 Å². The quantitative estimate of drug-likeness (QED) is 0.720. The maximum absolute atomic E-state index is 13.6. The lowest BCUT2D eigenvalue weighted by Gasteiger charge is -2.05. The van der Waals surface area contributed by atoms with E-state index in [1.807, 2.05) is 13.0 Å². The van der Waals surface area contributed by atoms with Crippen molar-refractivity contribution in [3.63, 3.8) is 0 Å². The maximum Gasteiger partial charge on any atom is 0.167 e. The molecule has 0 amide bonds. The Bertz CT molecular complexity index is 640. The molecule has 0 heterocycles. The standard InChI is InChI=1S/C15H11BrClFO/c1-9-2-3-10(7-13(9)16)15(19)8-11-6-12(17)4-5-14(11)18/h2-7H,8H2,1H3. The van der Waals surface area contributed by atoms with Crippen LogP contribution in [0.3, 0.4) is 0 Å². The zero-order chi connectivity index (χ0) is 14.0. The van der Waals surface area contributed by atoms with E-state index in [1.165, 1.54) is 18.2 Å². The smallest absolute Gasteiger partial charge is 0.167 e. The largest absolute Gasteiger partial charge is 0.294 e. The molecule has 98 valence electrons. The highest BCUT2D eigenvalue weighted by molar-refractivity contribution is 9.10. The van der Waals surface area contributed by atoms with Crippen LogP contribution in [0.2, 0.25) is 5.02 Å². The van der Waals surface area contributed by atoms with Crippen molar-refractivity contribution >= 4 is 33.3 Å². The van der Waals surface area contributed by atoms with E-state index in [4.69, 9.17) is 11.6 Å². The Morgan fingerprint density at radius 1 is 1.26 bits per heavy atom. The van der Waals surface area contributed by atoms with Crippen LogP contribution in [0.15, 0.2) is 40.9 Å². The zero-order valence-corrected chi connectivity index (χ0v) is 12.6. The van der Waals surface area contributed by atoms with E-state index in [9.17, 15) is 9.18 Å². The number of aryl methyl sites for hydroxylation is 1. The molecule has 0 spiro atoms. The zero-order valence-electron chi connectivity index (χ0n) is 10.2. The summed E-state index contributed by atoms with van der Waals surface area (Å²) in [6.45, 7) is 1.94. The second kappa shape index (κ2) is 5.85. The molecule has 0 aliphatic carbocycles. The van der Waals surface area contributed by atoms with E-state index in [2.05, 4.69) is 15.9 Å². The normalized spacial score (nSPS) is 10.5. The van der Waals surface area contributed by atoms with Crippen molar-refractivity contribution in [1.82, 2.24) is 0 Å². The number of hydrogen-bond acceptors (Lipinski definition) is 1. The molecular weight excluding hydrogens is 331 g/mol. The van der Waals surface area contributed by atoms with Crippen molar-refractivity contribution in [2.75, 3.05) is 0 Å². The van der Waals surface area contributed by atoms with Gasteiger partial charge in [0, 0.05) is 21.5 Å². The van der Waals surface area contributed by atoms with Crippen molar-refractivity contribution in [3.05, 3.63) is 68.4 Å². The number of halogens is 3. The van der Waals surface area contributed by atoms with Gasteiger partial charge in [0.15, 0.2) is 5.78 Å². The number of carbonyl (C=O) groups excluding carboxylic acids is 1. The second-order valence-electron chi connectivity index (χ2n) is 4.30. The second-order valence-corrected chi connectivity index (χ2v) is 5.59. The third-order valence-electron chi connectivity index (χ3n) is 2.85. The van der Waals surface area contributed by atoms with Gasteiger partial charge in [0.1, 0.15) is 5.82 Å². The molecular formula is C15H11BrClFO. The first-order valence-electron chi connectivity index (χ1n) is 5.70. The van der Waals surface area contributed by atoms with E-state index in [0.717, 1.165) is 10.0 Å². The lowest BCUT2D eigenvalue weighted by Crippen LogP contribution is -2.05. The summed E-state index contributed by atoms with van der Waals surface area (Å²) >= 11 is 9.19. The van der Waals surface area contributed by atoms with Crippen molar-refractivity contribution in [2.24, 2.45) is 0 Å². The van der Waals surface area contributed by atoms with Gasteiger partial charge in [-0.2, -0.15) is 0 Å². The highest BCUT2D eigenvalue weighted by Crippen LogP contribution is 2.20. The summed E-state index contributed by atoms with van der Waals surface area (Å²) in [7, 11) is 0. The minimum atomic E-state index is -0.413. The summed E-state index contributed by atoms with van der Waals surface area (Å²) in [6, 6.07) is 9.57. The fourth-order valence-corrected chi connectivity index (χ4v) is 2.29. The summed E-state index contributed by atoms with van der Waals surface area (Å²) in [4.78, 5) is 12.1. The molecule has 4 heteroatoms. The molecule has 0 aliphatic heterocycles. The lowest BCUT2D eigenvalue weighted by molar-refractivity contribution is 0.0992. The van der Waals surface area contributed by atoms with Gasteiger partial charge in [0.2, 0.25) is 0 Å². The molecule has 0 fully saturated rings. The van der Waals surface area contributed by atoms with Crippen molar-refractivity contribution in [1.29, 1.82) is 0 Å². The fourth-order valence-electron chi connectivity index (χ4n) is 1.72. The molecule has 0 unspecified atom stereocenters. The summed E-state index contributed by atoms with van der Waals surface area (Å²) in [5.74, 6) is -0.550. The van der Waals surface area contributed by atoms with Crippen LogP contribution in [-0.4, -0.2) is 5.78 Å². The molecule has 0 saturated heterocycles. The summed E-state index contributed by atoms with van der Waals surface area (Å²) < 4.78 is 14.4. The first kappa shape index (κ1) is 14.2. The molecule has 1 nitrogen and oxygen atoms in total. The van der Waals surface area contributed by atoms with Crippen LogP contribution < -0.4 is 0 Å². The van der Waals surface area contributed by atoms with E-state index < -0.39 is 5.82 Å². The number of ketones is 1. The Kier molecular flexibility index (Phi) is 4.38. The number of hydrogen-bond donors (Lipinski definition) is 0. The average molecular weight is 342 g/mol. The third kappa shape index (κ3) is 3.43. The van der Waals surface area contributed by atoms with Crippen LogP contribution in [0, 0.1) is 12.7 Å². The Labute approximate surface area is 124 Å². The fraction of sp³-hybridized carbons (Fsp3) is 0.133. The molecule has 0 atom stereocenters. The van der Waals surface area contributed by atoms with Gasteiger partial charge in [-0.3, -0.25) is 4.79 Å². The summed E-state index contributed by atoms with van der Waals surface area (Å²) in [5, 5.41) is 0.425. The minimum absolute atomic E-state index is 0.00188. The van der Waals surface area contributed by atoms with Gasteiger partial charge >= 0.3 is 0 Å². The maximum atomic E-state index is 13.6. The number of Topliss-reactive ketones (excluding diaryl/α,β-unsaturated/α-hetero) is 1. The number of rotatable bonds is 3. The summed E-state index contributed by atoms with van der Waals surface area (Å²) in [5.41, 5.74) is 1.91. The van der Waals surface area contributed by atoms with E-state index in [0.29, 0.717) is 16.1 Å². The molecule has 2 aromatic rings. The molecule has 2 aromatic carbocycles. The molecule has 0 saturated carbocycles. The monoisotopic (exact) mass is 340 g/mol. The Balaban J connectivity index is 2.25. The molecule has 19 heavy (non-hydrogen) atoms. The highest BCUT2D eigenvalue weighted by atomic mass is 79.9. The number of carbonyl (C=O) groups is 1. The topological polar surface area (TPSA) is 17.1 Å². The van der Waals surface area contributed by atoms with Crippen LogP contribution in [0.1, 0.15) is 21.5 Å². The molecule has 0 N–H and O–H groups in total. The van der Waals surface area contributed by atoms with Crippen LogP contribution in [0.5, 0.6) is 0 Å². The van der Waals surface area contributed by atoms with Gasteiger partial charge in [0.05, 0.1) is 0 Å². The molecule has 2 rings (SSSR count). The van der Waals surface area contributed by atoms with Crippen LogP contribution in [0.4, 0.5) is 4.39 Å². The van der Waals surface area contributed by atoms with Crippen LogP contribution in [-0.2, 0) is 6.42 Å². The molecule has 0 bridgehead atoms. The van der Waals surface area contributed by atoms with Crippen molar-refractivity contribution in [2.45, 2.75) is 13.3 Å². The van der Waals surface area contributed by atoms with Gasteiger partial charge in [-0.05, 0) is 42.3 Å².